The monoisotopic (exact) mass is 176 g/mol. The van der Waals surface area contributed by atoms with Crippen LogP contribution in [0.2, 0.25) is 0 Å². The maximum absolute atomic E-state index is 12.9. The number of hydrogen-bond donors (Lipinski definition) is 1. The lowest BCUT2D eigenvalue weighted by Gasteiger charge is -2.10. The van der Waals surface area contributed by atoms with Gasteiger partial charge in [0.25, 0.3) is 0 Å². The van der Waals surface area contributed by atoms with Crippen LogP contribution in [0.25, 0.3) is 0 Å². The molecule has 0 bridgehead atoms. The van der Waals surface area contributed by atoms with Crippen LogP contribution in [-0.2, 0) is 0 Å². The fourth-order valence-corrected chi connectivity index (χ4v) is 1.92. The van der Waals surface area contributed by atoms with Gasteiger partial charge in [0.1, 0.15) is 11.6 Å². The molecule has 1 aromatic rings. The minimum atomic E-state index is -0.687. The van der Waals surface area contributed by atoms with Gasteiger partial charge in [0.2, 0.25) is 0 Å². The van der Waals surface area contributed by atoms with E-state index in [0.717, 1.165) is 0 Å². The summed E-state index contributed by atoms with van der Waals surface area (Å²) in [6, 6.07) is 3.97. The molecule has 1 rings (SSSR count). The van der Waals surface area contributed by atoms with Crippen LogP contribution in [0.4, 0.5) is 8.78 Å². The lowest BCUT2D eigenvalue weighted by Crippen LogP contribution is -1.89. The standard InChI is InChI=1S/C8H10F2S/c1-11(2)8-6(9)4-3-5-7(8)10/h3-5,11H,1-2H3. The zero-order valence-corrected chi connectivity index (χ0v) is 7.33. The molecule has 0 aliphatic carbocycles. The SMILES string of the molecule is C[SH](C)c1c(F)cccc1F. The third-order valence-electron chi connectivity index (χ3n) is 1.38. The van der Waals surface area contributed by atoms with Crippen molar-refractivity contribution in [3.63, 3.8) is 0 Å². The van der Waals surface area contributed by atoms with Gasteiger partial charge in [0.05, 0.1) is 4.90 Å². The van der Waals surface area contributed by atoms with Crippen molar-refractivity contribution in [1.29, 1.82) is 0 Å². The molecule has 0 aliphatic heterocycles. The average Bonchev–Trinajstić information content (AvgIpc) is 1.85. The molecule has 0 saturated carbocycles. The second-order valence-corrected chi connectivity index (χ2v) is 4.70. The minimum Gasteiger partial charge on any atom is -0.227 e. The van der Waals surface area contributed by atoms with Crippen LogP contribution in [0.5, 0.6) is 0 Å². The Bertz CT molecular complexity index is 238. The quantitative estimate of drug-likeness (QED) is 0.625. The summed E-state index contributed by atoms with van der Waals surface area (Å²) in [6.45, 7) is 0. The summed E-state index contributed by atoms with van der Waals surface area (Å²) in [5.41, 5.74) is 0. The second kappa shape index (κ2) is 3.22. The predicted molar refractivity (Wildman–Crippen MR) is 45.5 cm³/mol. The van der Waals surface area contributed by atoms with Crippen LogP contribution in [-0.4, -0.2) is 12.5 Å². The molecule has 0 atom stereocenters. The van der Waals surface area contributed by atoms with Gasteiger partial charge in [-0.3, -0.25) is 0 Å². The Hall–Kier alpha value is -0.570. The molecule has 0 aliphatic rings. The Morgan fingerprint density at radius 1 is 1.09 bits per heavy atom. The first kappa shape index (κ1) is 8.53. The maximum atomic E-state index is 12.9. The average molecular weight is 176 g/mol. The number of thiol groups is 1. The van der Waals surface area contributed by atoms with Crippen LogP contribution >= 0.6 is 10.9 Å². The summed E-state index contributed by atoms with van der Waals surface area (Å²) < 4.78 is 25.8. The molecule has 0 amide bonds. The highest BCUT2D eigenvalue weighted by atomic mass is 32.2. The van der Waals surface area contributed by atoms with Gasteiger partial charge < -0.3 is 0 Å². The van der Waals surface area contributed by atoms with E-state index in [1.54, 1.807) is 0 Å². The summed E-state index contributed by atoms with van der Waals surface area (Å²) in [5, 5.41) is 0. The van der Waals surface area contributed by atoms with Crippen LogP contribution in [0.15, 0.2) is 23.1 Å². The van der Waals surface area contributed by atoms with E-state index in [2.05, 4.69) is 0 Å². The van der Waals surface area contributed by atoms with E-state index in [1.165, 1.54) is 18.2 Å². The van der Waals surface area contributed by atoms with Crippen molar-refractivity contribution >= 4 is 10.9 Å². The Morgan fingerprint density at radius 3 is 1.82 bits per heavy atom. The van der Waals surface area contributed by atoms with E-state index in [1.807, 2.05) is 12.5 Å². The molecule has 0 saturated heterocycles. The number of halogens is 2. The van der Waals surface area contributed by atoms with E-state index in [4.69, 9.17) is 0 Å². The molecule has 0 aromatic heterocycles. The molecule has 11 heavy (non-hydrogen) atoms. The Balaban J connectivity index is 3.21. The van der Waals surface area contributed by atoms with Gasteiger partial charge in [-0.2, -0.15) is 0 Å². The summed E-state index contributed by atoms with van der Waals surface area (Å²) in [6.07, 6.45) is 3.66. The minimum absolute atomic E-state index is 0.238. The van der Waals surface area contributed by atoms with Crippen molar-refractivity contribution in [1.82, 2.24) is 0 Å². The van der Waals surface area contributed by atoms with E-state index in [-0.39, 0.29) is 4.90 Å². The molecule has 0 spiro atoms. The number of hydrogen-bond acceptors (Lipinski definition) is 0. The van der Waals surface area contributed by atoms with Crippen LogP contribution in [0.1, 0.15) is 0 Å². The molecule has 0 nitrogen and oxygen atoms in total. The number of benzene rings is 1. The fourth-order valence-electron chi connectivity index (χ4n) is 0.916. The van der Waals surface area contributed by atoms with E-state index in [9.17, 15) is 8.78 Å². The van der Waals surface area contributed by atoms with Crippen molar-refractivity contribution in [3.05, 3.63) is 29.8 Å². The molecule has 0 radical (unpaired) electrons. The van der Waals surface area contributed by atoms with Crippen molar-refractivity contribution in [2.45, 2.75) is 4.90 Å². The first-order valence-electron chi connectivity index (χ1n) is 3.24. The van der Waals surface area contributed by atoms with Gasteiger partial charge in [0, 0.05) is 0 Å². The molecular formula is C8H10F2S. The van der Waals surface area contributed by atoms with Crippen molar-refractivity contribution in [2.75, 3.05) is 12.5 Å². The Labute approximate surface area is 67.6 Å². The highest BCUT2D eigenvalue weighted by Gasteiger charge is 2.08. The highest BCUT2D eigenvalue weighted by molar-refractivity contribution is 8.15. The topological polar surface area (TPSA) is 0 Å². The third kappa shape index (κ3) is 1.71. The fraction of sp³-hybridized carbons (Fsp3) is 0.250. The normalized spacial score (nSPS) is 11.5. The first-order chi connectivity index (χ1) is 5.13. The van der Waals surface area contributed by atoms with Crippen LogP contribution in [0.3, 0.4) is 0 Å². The highest BCUT2D eigenvalue weighted by Crippen LogP contribution is 2.32. The van der Waals surface area contributed by atoms with E-state index < -0.39 is 22.5 Å². The zero-order valence-electron chi connectivity index (χ0n) is 6.44. The van der Waals surface area contributed by atoms with Gasteiger partial charge in [-0.15, -0.1) is 0 Å². The molecule has 0 unspecified atom stereocenters. The first-order valence-corrected chi connectivity index (χ1v) is 5.48. The van der Waals surface area contributed by atoms with Crippen LogP contribution < -0.4 is 0 Å². The largest absolute Gasteiger partial charge is 0.227 e. The predicted octanol–water partition coefficient (Wildman–Crippen LogP) is 2.58. The molecule has 0 fully saturated rings. The zero-order chi connectivity index (χ0) is 8.43. The molecule has 62 valence electrons. The smallest absolute Gasteiger partial charge is 0.137 e. The van der Waals surface area contributed by atoms with Gasteiger partial charge in [-0.25, -0.2) is 19.7 Å². The van der Waals surface area contributed by atoms with Crippen molar-refractivity contribution < 1.29 is 8.78 Å². The molecule has 1 aromatic carbocycles. The Kier molecular flexibility index (Phi) is 2.49. The maximum Gasteiger partial charge on any atom is 0.137 e. The second-order valence-electron chi connectivity index (χ2n) is 2.46. The Morgan fingerprint density at radius 2 is 1.55 bits per heavy atom. The molecule has 3 heteroatoms. The molecule has 0 heterocycles. The summed E-state index contributed by atoms with van der Waals surface area (Å²) in [5.74, 6) is -0.859. The lowest BCUT2D eigenvalue weighted by molar-refractivity contribution is 0.540. The lowest BCUT2D eigenvalue weighted by atomic mass is 10.3. The summed E-state index contributed by atoms with van der Waals surface area (Å²) >= 11 is 0. The third-order valence-corrected chi connectivity index (χ3v) is 2.71. The van der Waals surface area contributed by atoms with Crippen LogP contribution in [0, 0.1) is 11.6 Å². The van der Waals surface area contributed by atoms with E-state index in [0.29, 0.717) is 0 Å². The van der Waals surface area contributed by atoms with Crippen molar-refractivity contribution in [2.24, 2.45) is 0 Å². The summed E-state index contributed by atoms with van der Waals surface area (Å²) in [4.78, 5) is 0.238. The summed E-state index contributed by atoms with van der Waals surface area (Å²) in [7, 11) is -0.687. The van der Waals surface area contributed by atoms with Gasteiger partial charge in [-0.1, -0.05) is 6.07 Å². The van der Waals surface area contributed by atoms with Gasteiger partial charge >= 0.3 is 0 Å². The van der Waals surface area contributed by atoms with Gasteiger partial charge in [-0.05, 0) is 24.6 Å². The van der Waals surface area contributed by atoms with E-state index >= 15 is 0 Å². The molecular weight excluding hydrogens is 166 g/mol. The van der Waals surface area contributed by atoms with Gasteiger partial charge in [0.15, 0.2) is 0 Å². The number of rotatable bonds is 1. The van der Waals surface area contributed by atoms with Crippen molar-refractivity contribution in [3.8, 4) is 0 Å². The molecule has 0 N–H and O–H groups in total.